The molecule has 1 heterocycles. The molecule has 0 unspecified atom stereocenters. The molecule has 0 saturated carbocycles. The van der Waals surface area contributed by atoms with Crippen molar-refractivity contribution in [1.29, 1.82) is 0 Å². The molecule has 0 saturated heterocycles. The van der Waals surface area contributed by atoms with E-state index in [0.29, 0.717) is 11.6 Å². The summed E-state index contributed by atoms with van der Waals surface area (Å²) in [5, 5.41) is 9.40. The summed E-state index contributed by atoms with van der Waals surface area (Å²) in [5.41, 5.74) is 1.68. The Kier molecular flexibility index (Phi) is 4.64. The van der Waals surface area contributed by atoms with E-state index in [1.54, 1.807) is 19.4 Å². The van der Waals surface area contributed by atoms with Crippen molar-refractivity contribution in [2.24, 2.45) is 4.99 Å². The van der Waals surface area contributed by atoms with Crippen molar-refractivity contribution >= 4 is 6.21 Å². The maximum Gasteiger partial charge on any atom is 0.213 e. The van der Waals surface area contributed by atoms with Crippen LogP contribution < -0.4 is 4.74 Å². The third-order valence-corrected chi connectivity index (χ3v) is 2.70. The van der Waals surface area contributed by atoms with Gasteiger partial charge in [0.1, 0.15) is 0 Å². The molecule has 0 bridgehead atoms. The lowest BCUT2D eigenvalue weighted by Gasteiger charge is -2.08. The molecule has 19 heavy (non-hydrogen) atoms. The van der Waals surface area contributed by atoms with Crippen LogP contribution in [0.1, 0.15) is 17.3 Å². The number of aliphatic hydroxyl groups excluding tert-OH is 1. The van der Waals surface area contributed by atoms with Crippen molar-refractivity contribution in [3.05, 3.63) is 59.8 Å². The van der Waals surface area contributed by atoms with Gasteiger partial charge in [0.05, 0.1) is 25.5 Å². The van der Waals surface area contributed by atoms with Crippen LogP contribution in [-0.2, 0) is 0 Å². The SMILES string of the molecule is COc1cccc(C=N[C@H](CO)c2ccccc2)n1. The topological polar surface area (TPSA) is 54.7 Å². The number of aliphatic imine (C=N–C) groups is 1. The summed E-state index contributed by atoms with van der Waals surface area (Å²) >= 11 is 0. The third-order valence-electron chi connectivity index (χ3n) is 2.70. The van der Waals surface area contributed by atoms with Gasteiger partial charge in [-0.05, 0) is 11.6 Å². The highest BCUT2D eigenvalue weighted by Crippen LogP contribution is 2.16. The number of hydrogen-bond acceptors (Lipinski definition) is 4. The molecule has 4 nitrogen and oxygen atoms in total. The Morgan fingerprint density at radius 2 is 2.00 bits per heavy atom. The molecule has 0 aliphatic carbocycles. The second-order valence-electron chi connectivity index (χ2n) is 3.99. The maximum atomic E-state index is 9.40. The van der Waals surface area contributed by atoms with Crippen molar-refractivity contribution < 1.29 is 9.84 Å². The minimum Gasteiger partial charge on any atom is -0.481 e. The Morgan fingerprint density at radius 3 is 2.68 bits per heavy atom. The number of aliphatic hydroxyl groups is 1. The molecule has 0 aliphatic rings. The third kappa shape index (κ3) is 3.63. The zero-order chi connectivity index (χ0) is 13.5. The molecule has 0 aliphatic heterocycles. The number of aromatic nitrogens is 1. The van der Waals surface area contributed by atoms with Gasteiger partial charge < -0.3 is 9.84 Å². The van der Waals surface area contributed by atoms with Gasteiger partial charge in [-0.25, -0.2) is 4.98 Å². The van der Waals surface area contributed by atoms with Crippen LogP contribution in [0.3, 0.4) is 0 Å². The highest BCUT2D eigenvalue weighted by atomic mass is 16.5. The van der Waals surface area contributed by atoms with Gasteiger partial charge in [-0.15, -0.1) is 0 Å². The maximum absolute atomic E-state index is 9.40. The van der Waals surface area contributed by atoms with Crippen LogP contribution in [0.2, 0.25) is 0 Å². The van der Waals surface area contributed by atoms with Gasteiger partial charge in [0.15, 0.2) is 0 Å². The number of hydrogen-bond donors (Lipinski definition) is 1. The number of ether oxygens (including phenoxy) is 1. The summed E-state index contributed by atoms with van der Waals surface area (Å²) in [6, 6.07) is 14.9. The highest BCUT2D eigenvalue weighted by molar-refractivity contribution is 5.77. The Balaban J connectivity index is 2.15. The summed E-state index contributed by atoms with van der Waals surface area (Å²) in [5.74, 6) is 0.546. The van der Waals surface area contributed by atoms with Gasteiger partial charge in [-0.1, -0.05) is 36.4 Å². The van der Waals surface area contributed by atoms with Gasteiger partial charge in [0, 0.05) is 12.3 Å². The van der Waals surface area contributed by atoms with Crippen LogP contribution in [0.4, 0.5) is 0 Å². The fourth-order valence-corrected chi connectivity index (χ4v) is 1.70. The number of methoxy groups -OCH3 is 1. The molecule has 0 fully saturated rings. The average molecular weight is 256 g/mol. The fraction of sp³-hybridized carbons (Fsp3) is 0.200. The van der Waals surface area contributed by atoms with E-state index in [0.717, 1.165) is 5.56 Å². The first-order valence-electron chi connectivity index (χ1n) is 6.03. The van der Waals surface area contributed by atoms with Crippen LogP contribution in [-0.4, -0.2) is 30.0 Å². The zero-order valence-electron chi connectivity index (χ0n) is 10.7. The summed E-state index contributed by atoms with van der Waals surface area (Å²) in [7, 11) is 1.57. The average Bonchev–Trinajstić information content (AvgIpc) is 2.49. The number of benzene rings is 1. The van der Waals surface area contributed by atoms with Crippen LogP contribution in [0.5, 0.6) is 5.88 Å². The Morgan fingerprint density at radius 1 is 1.21 bits per heavy atom. The molecule has 98 valence electrons. The summed E-state index contributed by atoms with van der Waals surface area (Å²) in [6.45, 7) is -0.0372. The van der Waals surface area contributed by atoms with Crippen LogP contribution in [0, 0.1) is 0 Å². The lowest BCUT2D eigenvalue weighted by Crippen LogP contribution is -2.02. The molecular weight excluding hydrogens is 240 g/mol. The predicted octanol–water partition coefficient (Wildman–Crippen LogP) is 2.24. The van der Waals surface area contributed by atoms with Crippen LogP contribution in [0.15, 0.2) is 53.5 Å². The fourth-order valence-electron chi connectivity index (χ4n) is 1.70. The lowest BCUT2D eigenvalue weighted by molar-refractivity contribution is 0.269. The molecule has 0 amide bonds. The van der Waals surface area contributed by atoms with Crippen molar-refractivity contribution in [2.45, 2.75) is 6.04 Å². The van der Waals surface area contributed by atoms with Crippen molar-refractivity contribution in [3.63, 3.8) is 0 Å². The van der Waals surface area contributed by atoms with Gasteiger partial charge in [-0.2, -0.15) is 0 Å². The minimum absolute atomic E-state index is 0.0372. The number of nitrogens with zero attached hydrogens (tertiary/aromatic N) is 2. The Bertz CT molecular complexity index is 541. The molecule has 2 rings (SSSR count). The smallest absolute Gasteiger partial charge is 0.213 e. The molecule has 1 atom stereocenters. The van der Waals surface area contributed by atoms with E-state index in [9.17, 15) is 5.11 Å². The van der Waals surface area contributed by atoms with Gasteiger partial charge in [-0.3, -0.25) is 4.99 Å². The molecule has 1 N–H and O–H groups in total. The first-order chi connectivity index (χ1) is 9.33. The van der Waals surface area contributed by atoms with Crippen molar-refractivity contribution in [1.82, 2.24) is 4.98 Å². The van der Waals surface area contributed by atoms with E-state index in [1.807, 2.05) is 42.5 Å². The zero-order valence-corrected chi connectivity index (χ0v) is 10.7. The molecule has 4 heteroatoms. The molecule has 0 radical (unpaired) electrons. The van der Waals surface area contributed by atoms with E-state index in [4.69, 9.17) is 4.74 Å². The Hall–Kier alpha value is -2.20. The lowest BCUT2D eigenvalue weighted by atomic mass is 10.1. The Labute approximate surface area is 112 Å². The second-order valence-corrected chi connectivity index (χ2v) is 3.99. The number of pyridine rings is 1. The van der Waals surface area contributed by atoms with E-state index in [1.165, 1.54) is 0 Å². The largest absolute Gasteiger partial charge is 0.481 e. The molecule has 2 aromatic rings. The van der Waals surface area contributed by atoms with Gasteiger partial charge in [0.25, 0.3) is 0 Å². The van der Waals surface area contributed by atoms with Gasteiger partial charge >= 0.3 is 0 Å². The van der Waals surface area contributed by atoms with E-state index < -0.39 is 0 Å². The molecule has 0 spiro atoms. The summed E-state index contributed by atoms with van der Waals surface area (Å²) < 4.78 is 5.05. The monoisotopic (exact) mass is 256 g/mol. The van der Waals surface area contributed by atoms with Crippen molar-refractivity contribution in [2.75, 3.05) is 13.7 Å². The second kappa shape index (κ2) is 6.66. The van der Waals surface area contributed by atoms with Crippen molar-refractivity contribution in [3.8, 4) is 5.88 Å². The van der Waals surface area contributed by atoms with E-state index >= 15 is 0 Å². The predicted molar refractivity (Wildman–Crippen MR) is 74.7 cm³/mol. The summed E-state index contributed by atoms with van der Waals surface area (Å²) in [4.78, 5) is 8.60. The normalized spacial score (nSPS) is 12.5. The number of rotatable bonds is 5. The van der Waals surface area contributed by atoms with Crippen LogP contribution >= 0.6 is 0 Å². The van der Waals surface area contributed by atoms with E-state index in [2.05, 4.69) is 9.98 Å². The molecular formula is C15H16N2O2. The van der Waals surface area contributed by atoms with E-state index in [-0.39, 0.29) is 12.6 Å². The minimum atomic E-state index is -0.269. The van der Waals surface area contributed by atoms with Gasteiger partial charge in [0.2, 0.25) is 5.88 Å². The molecule has 1 aromatic carbocycles. The highest BCUT2D eigenvalue weighted by Gasteiger charge is 2.06. The molecule has 1 aromatic heterocycles. The quantitative estimate of drug-likeness (QED) is 0.835. The van der Waals surface area contributed by atoms with Crippen LogP contribution in [0.25, 0.3) is 0 Å². The first-order valence-corrected chi connectivity index (χ1v) is 6.03. The standard InChI is InChI=1S/C15H16N2O2/c1-19-15-9-5-8-13(17-15)10-16-14(11-18)12-6-3-2-4-7-12/h2-10,14,18H,11H2,1H3/t14-/m1/s1. The summed E-state index contributed by atoms with van der Waals surface area (Å²) in [6.07, 6.45) is 1.65. The first kappa shape index (κ1) is 13.2.